The van der Waals surface area contributed by atoms with Crippen LogP contribution in [0.2, 0.25) is 0 Å². The van der Waals surface area contributed by atoms with Gasteiger partial charge in [0, 0.05) is 49.6 Å². The largest absolute Gasteiger partial charge is 0.379 e. The predicted octanol–water partition coefficient (Wildman–Crippen LogP) is 5.03. The third kappa shape index (κ3) is 4.46. The topological polar surface area (TPSA) is 42.3 Å². The van der Waals surface area contributed by atoms with Crippen LogP contribution in [0.5, 0.6) is 0 Å². The summed E-state index contributed by atoms with van der Waals surface area (Å²) in [6.07, 6.45) is 6.48. The van der Waals surface area contributed by atoms with Crippen LogP contribution in [0, 0.1) is 13.8 Å². The normalized spacial score (nSPS) is 15.1. The van der Waals surface area contributed by atoms with Gasteiger partial charge >= 0.3 is 0 Å². The maximum Gasteiger partial charge on any atom is 0.139 e. The molecule has 0 atom stereocenters. The van der Waals surface area contributed by atoms with Crippen molar-refractivity contribution in [2.45, 2.75) is 46.7 Å². The number of benzene rings is 1. The van der Waals surface area contributed by atoms with E-state index in [4.69, 9.17) is 4.74 Å². The summed E-state index contributed by atoms with van der Waals surface area (Å²) < 4.78 is 7.80. The number of rotatable bonds is 7. The molecule has 0 unspecified atom stereocenters. The van der Waals surface area contributed by atoms with Gasteiger partial charge in [-0.25, -0.2) is 4.98 Å². The summed E-state index contributed by atoms with van der Waals surface area (Å²) in [7, 11) is 0. The molecule has 4 rings (SSSR count). The molecule has 0 amide bonds. The van der Waals surface area contributed by atoms with E-state index in [2.05, 4.69) is 71.0 Å². The second kappa shape index (κ2) is 8.97. The highest BCUT2D eigenvalue weighted by molar-refractivity contribution is 5.92. The van der Waals surface area contributed by atoms with E-state index in [1.165, 1.54) is 40.4 Å². The lowest BCUT2D eigenvalue weighted by Gasteiger charge is -2.27. The fourth-order valence-electron chi connectivity index (χ4n) is 4.22. The maximum atomic E-state index is 5.47. The first-order valence-electron chi connectivity index (χ1n) is 10.8. The quantitative estimate of drug-likeness (QED) is 0.612. The molecule has 0 aliphatic carbocycles. The SMILES string of the molecule is CCCCn1ccc2c(Nc3c(C)cc(CN4CCOCC4)cc3C)nccc21. The van der Waals surface area contributed by atoms with Crippen molar-refractivity contribution in [1.82, 2.24) is 14.5 Å². The van der Waals surface area contributed by atoms with Crippen molar-refractivity contribution in [1.29, 1.82) is 0 Å². The zero-order valence-corrected chi connectivity index (χ0v) is 17.9. The van der Waals surface area contributed by atoms with Gasteiger partial charge in [-0.3, -0.25) is 4.90 Å². The summed E-state index contributed by atoms with van der Waals surface area (Å²) in [6, 6.07) is 8.90. The van der Waals surface area contributed by atoms with Gasteiger partial charge in [0.25, 0.3) is 0 Å². The van der Waals surface area contributed by atoms with E-state index < -0.39 is 0 Å². The first kappa shape index (κ1) is 19.9. The number of pyridine rings is 1. The van der Waals surface area contributed by atoms with E-state index in [-0.39, 0.29) is 0 Å². The Hall–Kier alpha value is -2.37. The van der Waals surface area contributed by atoms with E-state index in [0.717, 1.165) is 50.9 Å². The van der Waals surface area contributed by atoms with Crippen LogP contribution in [0.15, 0.2) is 36.7 Å². The van der Waals surface area contributed by atoms with Gasteiger partial charge < -0.3 is 14.6 Å². The minimum absolute atomic E-state index is 0.838. The van der Waals surface area contributed by atoms with Gasteiger partial charge in [-0.05, 0) is 49.1 Å². The first-order valence-corrected chi connectivity index (χ1v) is 10.8. The van der Waals surface area contributed by atoms with E-state index in [1.54, 1.807) is 0 Å². The predicted molar refractivity (Wildman–Crippen MR) is 120 cm³/mol. The third-order valence-corrected chi connectivity index (χ3v) is 5.80. The summed E-state index contributed by atoms with van der Waals surface area (Å²) in [6.45, 7) is 12.3. The number of nitrogens with one attached hydrogen (secondary N) is 1. The minimum atomic E-state index is 0.838. The Morgan fingerprint density at radius 2 is 1.86 bits per heavy atom. The van der Waals surface area contributed by atoms with Crippen LogP contribution >= 0.6 is 0 Å². The zero-order chi connectivity index (χ0) is 20.2. The van der Waals surface area contributed by atoms with Crippen molar-refractivity contribution in [2.24, 2.45) is 0 Å². The molecule has 2 aromatic heterocycles. The number of ether oxygens (including phenoxy) is 1. The highest BCUT2D eigenvalue weighted by atomic mass is 16.5. The number of unbranched alkanes of at least 4 members (excludes halogenated alkanes) is 1. The standard InChI is InChI=1S/C24H32N4O/c1-4-5-9-28-10-7-21-22(28)6-8-25-24(21)26-23-18(2)15-20(16-19(23)3)17-27-11-13-29-14-12-27/h6-8,10,15-16H,4-5,9,11-14,17H2,1-3H3,(H,25,26). The molecule has 1 aliphatic rings. The number of hydrogen-bond donors (Lipinski definition) is 1. The summed E-state index contributed by atoms with van der Waals surface area (Å²) in [5.74, 6) is 0.935. The fourth-order valence-corrected chi connectivity index (χ4v) is 4.22. The summed E-state index contributed by atoms with van der Waals surface area (Å²) in [4.78, 5) is 7.11. The Balaban J connectivity index is 1.57. The lowest BCUT2D eigenvalue weighted by molar-refractivity contribution is 0.0342. The molecule has 1 fully saturated rings. The average molecular weight is 393 g/mol. The molecule has 0 radical (unpaired) electrons. The minimum Gasteiger partial charge on any atom is -0.379 e. The fraction of sp³-hybridized carbons (Fsp3) is 0.458. The van der Waals surface area contributed by atoms with Gasteiger partial charge in [0.15, 0.2) is 0 Å². The van der Waals surface area contributed by atoms with Crippen molar-refractivity contribution >= 4 is 22.4 Å². The van der Waals surface area contributed by atoms with Gasteiger partial charge in [-0.1, -0.05) is 25.5 Å². The lowest BCUT2D eigenvalue weighted by Crippen LogP contribution is -2.35. The molecule has 5 nitrogen and oxygen atoms in total. The van der Waals surface area contributed by atoms with Crippen LogP contribution in [0.4, 0.5) is 11.5 Å². The highest BCUT2D eigenvalue weighted by Crippen LogP contribution is 2.30. The number of anilines is 2. The maximum absolute atomic E-state index is 5.47. The van der Waals surface area contributed by atoms with Gasteiger partial charge in [-0.2, -0.15) is 0 Å². The van der Waals surface area contributed by atoms with Gasteiger partial charge in [0.05, 0.1) is 18.7 Å². The van der Waals surface area contributed by atoms with E-state index >= 15 is 0 Å². The molecule has 0 bridgehead atoms. The Morgan fingerprint density at radius 3 is 2.59 bits per heavy atom. The van der Waals surface area contributed by atoms with Crippen molar-refractivity contribution in [3.05, 3.63) is 53.3 Å². The average Bonchev–Trinajstić information content (AvgIpc) is 3.14. The van der Waals surface area contributed by atoms with Gasteiger partial charge in [0.2, 0.25) is 0 Å². The van der Waals surface area contributed by atoms with Gasteiger partial charge in [-0.15, -0.1) is 0 Å². The number of hydrogen-bond acceptors (Lipinski definition) is 4. The van der Waals surface area contributed by atoms with Crippen LogP contribution < -0.4 is 5.32 Å². The molecule has 0 spiro atoms. The van der Waals surface area contributed by atoms with Crippen LogP contribution in [0.3, 0.4) is 0 Å². The number of fused-ring (bicyclic) bond motifs is 1. The first-order chi connectivity index (χ1) is 14.2. The van der Waals surface area contributed by atoms with Crippen LogP contribution in [-0.2, 0) is 17.8 Å². The lowest BCUT2D eigenvalue weighted by atomic mass is 10.0. The highest BCUT2D eigenvalue weighted by Gasteiger charge is 2.14. The monoisotopic (exact) mass is 392 g/mol. The number of aromatic nitrogens is 2. The summed E-state index contributed by atoms with van der Waals surface area (Å²) in [5.41, 5.74) is 6.30. The van der Waals surface area contributed by atoms with Crippen molar-refractivity contribution in [2.75, 3.05) is 31.6 Å². The molecule has 3 aromatic rings. The molecule has 154 valence electrons. The second-order valence-corrected chi connectivity index (χ2v) is 8.07. The van der Waals surface area contributed by atoms with E-state index in [9.17, 15) is 0 Å². The molecule has 5 heteroatoms. The Bertz CT molecular complexity index is 949. The third-order valence-electron chi connectivity index (χ3n) is 5.80. The molecule has 1 N–H and O–H groups in total. The zero-order valence-electron chi connectivity index (χ0n) is 17.9. The molecular formula is C24H32N4O. The van der Waals surface area contributed by atoms with Gasteiger partial charge in [0.1, 0.15) is 5.82 Å². The van der Waals surface area contributed by atoms with Crippen LogP contribution in [-0.4, -0.2) is 40.8 Å². The van der Waals surface area contributed by atoms with E-state index in [1.807, 2.05) is 6.20 Å². The Morgan fingerprint density at radius 1 is 1.10 bits per heavy atom. The van der Waals surface area contributed by atoms with Crippen molar-refractivity contribution < 1.29 is 4.74 Å². The summed E-state index contributed by atoms with van der Waals surface area (Å²) >= 11 is 0. The Labute approximate surface area is 173 Å². The number of morpholine rings is 1. The molecule has 3 heterocycles. The van der Waals surface area contributed by atoms with Crippen molar-refractivity contribution in [3.63, 3.8) is 0 Å². The van der Waals surface area contributed by atoms with Crippen LogP contribution in [0.25, 0.3) is 10.9 Å². The molecule has 1 aliphatic heterocycles. The summed E-state index contributed by atoms with van der Waals surface area (Å²) in [5, 5.41) is 4.81. The smallest absolute Gasteiger partial charge is 0.139 e. The molecule has 1 aromatic carbocycles. The van der Waals surface area contributed by atoms with E-state index in [0.29, 0.717) is 0 Å². The van der Waals surface area contributed by atoms with Crippen molar-refractivity contribution in [3.8, 4) is 0 Å². The van der Waals surface area contributed by atoms with Crippen LogP contribution in [0.1, 0.15) is 36.5 Å². The molecule has 29 heavy (non-hydrogen) atoms. The number of aryl methyl sites for hydroxylation is 3. The second-order valence-electron chi connectivity index (χ2n) is 8.07. The number of nitrogens with zero attached hydrogens (tertiary/aromatic N) is 3. The molecule has 0 saturated carbocycles. The molecular weight excluding hydrogens is 360 g/mol. The Kier molecular flexibility index (Phi) is 6.16. The molecule has 1 saturated heterocycles.